The Labute approximate surface area is 218 Å². The van der Waals surface area contributed by atoms with Crippen molar-refractivity contribution in [3.8, 4) is 22.6 Å². The molecule has 9 heteroatoms. The molecule has 0 unspecified atom stereocenters. The number of nitrogens with one attached hydrogen (secondary N) is 1. The van der Waals surface area contributed by atoms with E-state index in [9.17, 15) is 23.4 Å². The molecule has 5 rings (SSSR count). The number of aryl methyl sites for hydroxylation is 1. The molecule has 198 valence electrons. The number of carbonyl (C=O) groups excluding carboxylic acids is 1. The fraction of sp³-hybridized carbons (Fsp3) is 0.321. The lowest BCUT2D eigenvalue weighted by atomic mass is 9.87. The summed E-state index contributed by atoms with van der Waals surface area (Å²) in [7, 11) is -3.89. The first-order chi connectivity index (χ1) is 17.8. The smallest absolute Gasteiger partial charge is 0.240 e. The van der Waals surface area contributed by atoms with Gasteiger partial charge in [-0.2, -0.15) is 0 Å². The summed E-state index contributed by atoms with van der Waals surface area (Å²) in [5.41, 5.74) is 4.11. The van der Waals surface area contributed by atoms with Crippen LogP contribution in [0.25, 0.3) is 11.1 Å². The van der Waals surface area contributed by atoms with Crippen LogP contribution in [0.3, 0.4) is 0 Å². The van der Waals surface area contributed by atoms with E-state index in [1.165, 1.54) is 12.1 Å². The van der Waals surface area contributed by atoms with Crippen molar-refractivity contribution in [1.29, 1.82) is 0 Å². The van der Waals surface area contributed by atoms with Gasteiger partial charge in [-0.1, -0.05) is 36.4 Å². The Balaban J connectivity index is 0.00000210. The highest BCUT2D eigenvalue weighted by molar-refractivity contribution is 7.89. The van der Waals surface area contributed by atoms with E-state index in [1.807, 2.05) is 43.3 Å². The minimum absolute atomic E-state index is 0. The number of ketones is 1. The van der Waals surface area contributed by atoms with Crippen molar-refractivity contribution in [3.05, 3.63) is 77.4 Å². The Morgan fingerprint density at radius 3 is 2.38 bits per heavy atom. The molecule has 0 radical (unpaired) electrons. The molecule has 0 bridgehead atoms. The van der Waals surface area contributed by atoms with E-state index in [-0.39, 0.29) is 20.3 Å². The molecule has 3 N–H and O–H groups in total. The van der Waals surface area contributed by atoms with Gasteiger partial charge in [0.05, 0.1) is 29.6 Å². The van der Waals surface area contributed by atoms with Gasteiger partial charge in [0.15, 0.2) is 11.5 Å². The van der Waals surface area contributed by atoms with E-state index >= 15 is 0 Å². The van der Waals surface area contributed by atoms with Crippen LogP contribution in [0.2, 0.25) is 0 Å². The zero-order valence-corrected chi connectivity index (χ0v) is 21.3. The average Bonchev–Trinajstić information content (AvgIpc) is 3.59. The molecule has 8 nitrogen and oxygen atoms in total. The molecule has 0 amide bonds. The van der Waals surface area contributed by atoms with Crippen molar-refractivity contribution in [2.45, 2.75) is 42.5 Å². The monoisotopic (exact) mass is 527 g/mol. The highest BCUT2D eigenvalue weighted by Crippen LogP contribution is 2.51. The quantitative estimate of drug-likeness (QED) is 0.370. The number of aliphatic hydroxyl groups is 2. The first-order valence-corrected chi connectivity index (χ1v) is 13.6. The Kier molecular flexibility index (Phi) is 6.80. The second-order valence-electron chi connectivity index (χ2n) is 9.61. The number of ether oxygens (including phenoxy) is 2. The number of carbonyl (C=O) groups is 1. The lowest BCUT2D eigenvalue weighted by Gasteiger charge is -2.16. The fourth-order valence-electron chi connectivity index (χ4n) is 4.73. The number of aliphatic hydroxyl groups excluding tert-OH is 2. The molecule has 0 aromatic heterocycles. The van der Waals surface area contributed by atoms with Gasteiger partial charge in [0, 0.05) is 9.27 Å². The van der Waals surface area contributed by atoms with Crippen LogP contribution in [-0.2, 0) is 26.7 Å². The van der Waals surface area contributed by atoms with E-state index in [0.717, 1.165) is 40.7 Å². The summed E-state index contributed by atoms with van der Waals surface area (Å²) in [6.07, 6.45) is 1.91. The van der Waals surface area contributed by atoms with E-state index in [1.54, 1.807) is 12.1 Å². The lowest BCUT2D eigenvalue weighted by molar-refractivity contribution is -0.120. The number of hydrogen-bond acceptors (Lipinski definition) is 7. The molecule has 3 aromatic carbocycles. The highest BCUT2D eigenvalue weighted by Gasteiger charge is 2.50. The van der Waals surface area contributed by atoms with Gasteiger partial charge in [-0.25, -0.2) is 13.1 Å². The molecule has 1 heterocycles. The van der Waals surface area contributed by atoms with Crippen LogP contribution in [0.1, 0.15) is 32.4 Å². The van der Waals surface area contributed by atoms with E-state index < -0.39 is 34.7 Å². The topological polar surface area (TPSA) is 122 Å². The highest BCUT2D eigenvalue weighted by atomic mass is 32.2. The molecule has 37 heavy (non-hydrogen) atoms. The van der Waals surface area contributed by atoms with Gasteiger partial charge >= 0.3 is 0 Å². The van der Waals surface area contributed by atoms with Gasteiger partial charge in [-0.05, 0) is 71.8 Å². The van der Waals surface area contributed by atoms with Gasteiger partial charge in [0.2, 0.25) is 16.8 Å². The van der Waals surface area contributed by atoms with Crippen molar-refractivity contribution >= 4 is 15.8 Å². The zero-order chi connectivity index (χ0) is 26.2. The van der Waals surface area contributed by atoms with Crippen molar-refractivity contribution in [2.24, 2.45) is 0 Å². The standard InChI is InChI=1S/C28H29NO7S.2H2/c1-18-2-3-19(13-27(32)28(10-11-28)21-6-9-25-26(14-21)36-17-35-25)12-24(18)20-4-7-23(8-5-20)37(33,34)29-22(15-30)16-31;;/h2-9,12,14,22,29-31H,10-11,13,15-17H2,1H3;2*1H. The number of rotatable bonds is 10. The number of fused-ring (bicyclic) bond motifs is 1. The van der Waals surface area contributed by atoms with Crippen molar-refractivity contribution < 1.29 is 35.8 Å². The number of hydrogen-bond donors (Lipinski definition) is 3. The predicted molar refractivity (Wildman–Crippen MR) is 141 cm³/mol. The number of benzene rings is 3. The van der Waals surface area contributed by atoms with Crippen LogP contribution in [0.5, 0.6) is 11.5 Å². The Hall–Kier alpha value is -3.24. The van der Waals surface area contributed by atoms with Gasteiger partial charge in [-0.15, -0.1) is 0 Å². The summed E-state index contributed by atoms with van der Waals surface area (Å²) in [4.78, 5) is 13.5. The van der Waals surface area contributed by atoms with E-state index in [4.69, 9.17) is 9.47 Å². The Morgan fingerprint density at radius 2 is 1.70 bits per heavy atom. The molecule has 3 aromatic rings. The lowest BCUT2D eigenvalue weighted by Crippen LogP contribution is -2.39. The average molecular weight is 528 g/mol. The minimum atomic E-state index is -3.89. The van der Waals surface area contributed by atoms with Gasteiger partial charge in [-0.3, -0.25) is 4.79 Å². The van der Waals surface area contributed by atoms with Gasteiger partial charge < -0.3 is 19.7 Å². The maximum absolute atomic E-state index is 13.4. The maximum Gasteiger partial charge on any atom is 0.240 e. The van der Waals surface area contributed by atoms with Crippen molar-refractivity contribution in [2.75, 3.05) is 20.0 Å². The summed E-state index contributed by atoms with van der Waals surface area (Å²) >= 11 is 0. The number of sulfonamides is 1. The SMILES string of the molecule is Cc1ccc(CC(=O)C2(c3ccc4c(c3)OCO4)CC2)cc1-c1ccc(S(=O)(=O)NC(CO)CO)cc1.[HH].[HH]. The molecule has 1 aliphatic heterocycles. The maximum atomic E-state index is 13.4. The third kappa shape index (κ3) is 5.00. The summed E-state index contributed by atoms with van der Waals surface area (Å²) in [6.45, 7) is 1.15. The Bertz CT molecular complexity index is 1440. The van der Waals surface area contributed by atoms with Gasteiger partial charge in [0.1, 0.15) is 5.78 Å². The van der Waals surface area contributed by atoms with Crippen LogP contribution < -0.4 is 14.2 Å². The molecule has 0 saturated heterocycles. The van der Waals surface area contributed by atoms with E-state index in [2.05, 4.69) is 4.72 Å². The van der Waals surface area contributed by atoms with Crippen LogP contribution in [0.4, 0.5) is 0 Å². The molecule has 2 aliphatic rings. The summed E-state index contributed by atoms with van der Waals surface area (Å²) in [6, 6.07) is 17.1. The summed E-state index contributed by atoms with van der Waals surface area (Å²) < 4.78 is 38.3. The third-order valence-electron chi connectivity index (χ3n) is 7.11. The Morgan fingerprint density at radius 1 is 1.00 bits per heavy atom. The first kappa shape index (κ1) is 25.4. The van der Waals surface area contributed by atoms with Crippen LogP contribution in [0.15, 0.2) is 65.6 Å². The zero-order valence-electron chi connectivity index (χ0n) is 20.4. The molecular formula is C28H33NO7S. The largest absolute Gasteiger partial charge is 0.454 e. The molecule has 0 atom stereocenters. The fourth-order valence-corrected chi connectivity index (χ4v) is 5.94. The molecular weight excluding hydrogens is 494 g/mol. The second-order valence-corrected chi connectivity index (χ2v) is 11.3. The minimum Gasteiger partial charge on any atom is -0.454 e. The molecule has 0 spiro atoms. The van der Waals surface area contributed by atoms with Crippen LogP contribution in [-0.4, -0.2) is 50.5 Å². The second kappa shape index (κ2) is 9.90. The first-order valence-electron chi connectivity index (χ1n) is 12.1. The molecule has 1 aliphatic carbocycles. The van der Waals surface area contributed by atoms with E-state index in [0.29, 0.717) is 17.9 Å². The molecule has 1 fully saturated rings. The molecule has 1 saturated carbocycles. The van der Waals surface area contributed by atoms with Crippen molar-refractivity contribution in [1.82, 2.24) is 4.72 Å². The summed E-state index contributed by atoms with van der Waals surface area (Å²) in [5, 5.41) is 18.4. The predicted octanol–water partition coefficient (Wildman–Crippen LogP) is 3.36. The van der Waals surface area contributed by atoms with Crippen LogP contribution in [0, 0.1) is 6.92 Å². The normalized spacial score (nSPS) is 15.7. The van der Waals surface area contributed by atoms with Crippen molar-refractivity contribution in [3.63, 3.8) is 0 Å². The van der Waals surface area contributed by atoms with Gasteiger partial charge in [0.25, 0.3) is 0 Å². The van der Waals surface area contributed by atoms with Crippen LogP contribution >= 0.6 is 0 Å². The third-order valence-corrected chi connectivity index (χ3v) is 8.65. The number of Topliss-reactive ketones (excluding diaryl/α,β-unsaturated/α-hetero) is 1. The summed E-state index contributed by atoms with van der Waals surface area (Å²) in [5.74, 6) is 1.54.